The first kappa shape index (κ1) is 16.0. The van der Waals surface area contributed by atoms with Gasteiger partial charge in [0.2, 0.25) is 0 Å². The van der Waals surface area contributed by atoms with E-state index < -0.39 is 17.6 Å². The summed E-state index contributed by atoms with van der Waals surface area (Å²) >= 11 is 0. The number of benzene rings is 1. The maximum atomic E-state index is 13.0. The first-order valence-corrected chi connectivity index (χ1v) is 6.32. The zero-order chi connectivity index (χ0) is 14.7. The van der Waals surface area contributed by atoms with E-state index in [4.69, 9.17) is 0 Å². The van der Waals surface area contributed by atoms with Crippen molar-refractivity contribution in [2.75, 3.05) is 0 Å². The molecule has 0 aliphatic heterocycles. The van der Waals surface area contributed by atoms with E-state index in [-0.39, 0.29) is 17.6 Å². The zero-order valence-electron chi connectivity index (χ0n) is 11.4. The van der Waals surface area contributed by atoms with Crippen molar-refractivity contribution in [1.29, 1.82) is 0 Å². The van der Waals surface area contributed by atoms with Gasteiger partial charge in [-0.05, 0) is 37.5 Å². The van der Waals surface area contributed by atoms with Gasteiger partial charge in [-0.25, -0.2) is 4.39 Å². The molecule has 0 heterocycles. The van der Waals surface area contributed by atoms with Crippen molar-refractivity contribution < 1.29 is 17.6 Å². The molecule has 1 nitrogen and oxygen atoms in total. The van der Waals surface area contributed by atoms with Gasteiger partial charge in [-0.15, -0.1) is 0 Å². The molecule has 19 heavy (non-hydrogen) atoms. The van der Waals surface area contributed by atoms with Crippen LogP contribution in [0.4, 0.5) is 17.6 Å². The Morgan fingerprint density at radius 3 is 2.16 bits per heavy atom. The van der Waals surface area contributed by atoms with Crippen molar-refractivity contribution in [3.8, 4) is 0 Å². The molecule has 0 saturated heterocycles. The summed E-state index contributed by atoms with van der Waals surface area (Å²) < 4.78 is 51.4. The summed E-state index contributed by atoms with van der Waals surface area (Å²) in [6, 6.07) is 2.80. The molecule has 0 aliphatic carbocycles. The van der Waals surface area contributed by atoms with Gasteiger partial charge in [0.25, 0.3) is 0 Å². The number of nitrogens with one attached hydrogen (secondary N) is 1. The minimum absolute atomic E-state index is 0.0713. The van der Waals surface area contributed by atoms with Gasteiger partial charge in [0.05, 0.1) is 5.56 Å². The first-order chi connectivity index (χ1) is 8.72. The van der Waals surface area contributed by atoms with Gasteiger partial charge < -0.3 is 5.32 Å². The van der Waals surface area contributed by atoms with Crippen LogP contribution in [0.15, 0.2) is 18.2 Å². The maximum Gasteiger partial charge on any atom is 0.416 e. The van der Waals surface area contributed by atoms with Crippen molar-refractivity contribution in [3.05, 3.63) is 35.1 Å². The Morgan fingerprint density at radius 2 is 1.68 bits per heavy atom. The highest BCUT2D eigenvalue weighted by Gasteiger charge is 2.34. The van der Waals surface area contributed by atoms with Crippen LogP contribution >= 0.6 is 0 Å². The molecular weight excluding hydrogens is 258 g/mol. The van der Waals surface area contributed by atoms with Crippen LogP contribution in [0.2, 0.25) is 0 Å². The summed E-state index contributed by atoms with van der Waals surface area (Å²) in [4.78, 5) is 0. The smallest absolute Gasteiger partial charge is 0.307 e. The van der Waals surface area contributed by atoms with Gasteiger partial charge >= 0.3 is 6.18 Å². The normalized spacial score (nSPS) is 12.8. The van der Waals surface area contributed by atoms with Crippen molar-refractivity contribution in [2.45, 2.75) is 51.9 Å². The summed E-state index contributed by atoms with van der Waals surface area (Å²) in [5.41, 5.74) is -1.05. The lowest BCUT2D eigenvalue weighted by Gasteiger charge is -2.29. The van der Waals surface area contributed by atoms with E-state index in [1.54, 1.807) is 0 Å². The molecule has 5 heteroatoms. The third-order valence-corrected chi connectivity index (χ3v) is 3.64. The Kier molecular flexibility index (Phi) is 4.96. The molecule has 0 aliphatic rings. The molecule has 1 aromatic rings. The minimum atomic E-state index is -4.53. The number of alkyl halides is 3. The molecule has 1 rings (SSSR count). The largest absolute Gasteiger partial charge is 0.416 e. The quantitative estimate of drug-likeness (QED) is 0.781. The molecule has 0 bridgehead atoms. The standard InChI is InChI=1S/C14H19F4N/c1-4-13(3,5-2)19-9-10-6-7-11(15)8-12(10)14(16,17)18/h6-8,19H,4-5,9H2,1-3H3. The Balaban J connectivity index is 2.96. The number of rotatable bonds is 5. The van der Waals surface area contributed by atoms with Gasteiger partial charge in [-0.2, -0.15) is 13.2 Å². The molecule has 0 radical (unpaired) electrons. The molecule has 1 N–H and O–H groups in total. The third-order valence-electron chi connectivity index (χ3n) is 3.64. The van der Waals surface area contributed by atoms with E-state index >= 15 is 0 Å². The SMILES string of the molecule is CCC(C)(CC)NCc1ccc(F)cc1C(F)(F)F. The Morgan fingerprint density at radius 1 is 1.11 bits per heavy atom. The van der Waals surface area contributed by atoms with Crippen molar-refractivity contribution in [3.63, 3.8) is 0 Å². The number of hydrogen-bond donors (Lipinski definition) is 1. The van der Waals surface area contributed by atoms with Crippen LogP contribution in [0.1, 0.15) is 44.7 Å². The highest BCUT2D eigenvalue weighted by Crippen LogP contribution is 2.32. The fourth-order valence-corrected chi connectivity index (χ4v) is 1.78. The first-order valence-electron chi connectivity index (χ1n) is 6.32. The second kappa shape index (κ2) is 5.90. The molecule has 0 fully saturated rings. The van der Waals surface area contributed by atoms with Crippen molar-refractivity contribution in [2.24, 2.45) is 0 Å². The van der Waals surface area contributed by atoms with E-state index in [1.807, 2.05) is 20.8 Å². The molecule has 0 amide bonds. The van der Waals surface area contributed by atoms with Crippen molar-refractivity contribution in [1.82, 2.24) is 5.32 Å². The molecule has 0 spiro atoms. The van der Waals surface area contributed by atoms with E-state index in [0.717, 1.165) is 18.9 Å². The average molecular weight is 277 g/mol. The summed E-state index contributed by atoms with van der Waals surface area (Å²) in [6.07, 6.45) is -2.91. The van der Waals surface area contributed by atoms with E-state index in [1.165, 1.54) is 6.07 Å². The lowest BCUT2D eigenvalue weighted by Crippen LogP contribution is -2.40. The van der Waals surface area contributed by atoms with Crippen LogP contribution in [-0.2, 0) is 12.7 Å². The average Bonchev–Trinajstić information content (AvgIpc) is 2.36. The van der Waals surface area contributed by atoms with E-state index in [9.17, 15) is 17.6 Å². The topological polar surface area (TPSA) is 12.0 Å². The molecule has 0 saturated carbocycles. The molecule has 1 aromatic carbocycles. The Labute approximate surface area is 111 Å². The fourth-order valence-electron chi connectivity index (χ4n) is 1.78. The van der Waals surface area contributed by atoms with Gasteiger partial charge in [-0.3, -0.25) is 0 Å². The zero-order valence-corrected chi connectivity index (χ0v) is 11.4. The van der Waals surface area contributed by atoms with Crippen molar-refractivity contribution >= 4 is 0 Å². The van der Waals surface area contributed by atoms with Crippen LogP contribution in [0.3, 0.4) is 0 Å². The highest BCUT2D eigenvalue weighted by molar-refractivity contribution is 5.30. The van der Waals surface area contributed by atoms with Gasteiger partial charge in [0.1, 0.15) is 5.82 Å². The molecule has 0 atom stereocenters. The van der Waals surface area contributed by atoms with E-state index in [0.29, 0.717) is 6.07 Å². The fraction of sp³-hybridized carbons (Fsp3) is 0.571. The Hall–Kier alpha value is -1.10. The minimum Gasteiger partial charge on any atom is -0.307 e. The van der Waals surface area contributed by atoms with Crippen LogP contribution < -0.4 is 5.32 Å². The van der Waals surface area contributed by atoms with Crippen LogP contribution in [0.5, 0.6) is 0 Å². The van der Waals surface area contributed by atoms with Gasteiger partial charge in [0.15, 0.2) is 0 Å². The van der Waals surface area contributed by atoms with Crippen LogP contribution in [0, 0.1) is 5.82 Å². The second-order valence-corrected chi connectivity index (χ2v) is 4.92. The van der Waals surface area contributed by atoms with Gasteiger partial charge in [0, 0.05) is 12.1 Å². The number of hydrogen-bond acceptors (Lipinski definition) is 1. The number of halogens is 4. The van der Waals surface area contributed by atoms with E-state index in [2.05, 4.69) is 5.32 Å². The monoisotopic (exact) mass is 277 g/mol. The summed E-state index contributed by atoms with van der Waals surface area (Å²) in [5.74, 6) is -0.871. The predicted octanol–water partition coefficient (Wildman–Crippen LogP) is 4.51. The molecule has 0 aromatic heterocycles. The summed E-state index contributed by atoms with van der Waals surface area (Å²) in [6.45, 7) is 5.99. The molecule has 108 valence electrons. The summed E-state index contributed by atoms with van der Waals surface area (Å²) in [5, 5.41) is 3.12. The maximum absolute atomic E-state index is 13.0. The summed E-state index contributed by atoms with van der Waals surface area (Å²) in [7, 11) is 0. The van der Waals surface area contributed by atoms with Crippen LogP contribution in [0.25, 0.3) is 0 Å². The lowest BCUT2D eigenvalue weighted by molar-refractivity contribution is -0.138. The molecular formula is C14H19F4N. The predicted molar refractivity (Wildman–Crippen MR) is 67.2 cm³/mol. The molecule has 0 unspecified atom stereocenters. The van der Waals surface area contributed by atoms with Gasteiger partial charge in [-0.1, -0.05) is 19.9 Å². The Bertz CT molecular complexity index is 422. The second-order valence-electron chi connectivity index (χ2n) is 4.92. The lowest BCUT2D eigenvalue weighted by atomic mass is 9.94. The third kappa shape index (κ3) is 4.20. The highest BCUT2D eigenvalue weighted by atomic mass is 19.4. The van der Waals surface area contributed by atoms with Crippen LogP contribution in [-0.4, -0.2) is 5.54 Å².